The Balaban J connectivity index is 1.20. The van der Waals surface area contributed by atoms with E-state index in [2.05, 4.69) is 15.2 Å². The van der Waals surface area contributed by atoms with Crippen LogP contribution in [0.3, 0.4) is 0 Å². The third-order valence-electron chi connectivity index (χ3n) is 5.27. The molecule has 148 valence electrons. The third kappa shape index (κ3) is 4.75. The van der Waals surface area contributed by atoms with E-state index >= 15 is 0 Å². The monoisotopic (exact) mass is 401 g/mol. The third-order valence-corrected chi connectivity index (χ3v) is 5.50. The zero-order chi connectivity index (χ0) is 19.3. The van der Waals surface area contributed by atoms with Crippen molar-refractivity contribution in [3.63, 3.8) is 0 Å². The first-order valence-corrected chi connectivity index (χ1v) is 10.0. The number of pyridine rings is 1. The van der Waals surface area contributed by atoms with E-state index < -0.39 is 0 Å². The highest BCUT2D eigenvalue weighted by Crippen LogP contribution is 2.34. The summed E-state index contributed by atoms with van der Waals surface area (Å²) in [7, 11) is 0. The summed E-state index contributed by atoms with van der Waals surface area (Å²) in [6.07, 6.45) is 5.39. The lowest BCUT2D eigenvalue weighted by molar-refractivity contribution is 0.0476. The Bertz CT molecular complexity index is 810. The number of amides is 1. The number of ether oxygens (including phenoxy) is 2. The Hall–Kier alpha value is -2.31. The van der Waals surface area contributed by atoms with Gasteiger partial charge in [0.15, 0.2) is 11.5 Å². The van der Waals surface area contributed by atoms with Gasteiger partial charge >= 0.3 is 0 Å². The highest BCUT2D eigenvalue weighted by Gasteiger charge is 2.26. The van der Waals surface area contributed by atoms with Crippen LogP contribution in [-0.4, -0.2) is 54.7 Å². The summed E-state index contributed by atoms with van der Waals surface area (Å²) in [5.74, 6) is 1.92. The molecule has 0 saturated carbocycles. The molecule has 1 aromatic carbocycles. The maximum atomic E-state index is 12.1. The van der Waals surface area contributed by atoms with Crippen LogP contribution in [0.4, 0.5) is 0 Å². The zero-order valence-corrected chi connectivity index (χ0v) is 16.4. The number of benzene rings is 1. The van der Waals surface area contributed by atoms with Crippen molar-refractivity contribution >= 4 is 17.5 Å². The number of nitrogens with one attached hydrogen (secondary N) is 1. The largest absolute Gasteiger partial charge is 0.486 e. The molecule has 2 aromatic rings. The van der Waals surface area contributed by atoms with Crippen LogP contribution in [0.1, 0.15) is 23.2 Å². The smallest absolute Gasteiger partial charge is 0.252 e. The molecule has 1 aromatic heterocycles. The van der Waals surface area contributed by atoms with Crippen LogP contribution in [0, 0.1) is 5.92 Å². The second-order valence-corrected chi connectivity index (χ2v) is 7.77. The van der Waals surface area contributed by atoms with Gasteiger partial charge in [0.1, 0.15) is 12.7 Å². The molecule has 0 aliphatic carbocycles. The number of carbonyl (C=O) groups is 1. The molecule has 3 heterocycles. The van der Waals surface area contributed by atoms with Crippen molar-refractivity contribution in [3.8, 4) is 11.5 Å². The van der Waals surface area contributed by atoms with Gasteiger partial charge in [-0.2, -0.15) is 0 Å². The van der Waals surface area contributed by atoms with Crippen molar-refractivity contribution in [2.75, 3.05) is 32.8 Å². The average Bonchev–Trinajstić information content (AvgIpc) is 2.73. The topological polar surface area (TPSA) is 63.7 Å². The number of likely N-dealkylation sites (tertiary alicyclic amines) is 1. The lowest BCUT2D eigenvalue weighted by atomic mass is 9.96. The number of hydrogen-bond acceptors (Lipinski definition) is 5. The van der Waals surface area contributed by atoms with Gasteiger partial charge in [-0.1, -0.05) is 11.6 Å². The lowest BCUT2D eigenvalue weighted by Crippen LogP contribution is -2.45. The number of rotatable bonds is 5. The number of hydrogen-bond donors (Lipinski definition) is 1. The average molecular weight is 402 g/mol. The zero-order valence-electron chi connectivity index (χ0n) is 15.6. The predicted octanol–water partition coefficient (Wildman–Crippen LogP) is 3.02. The minimum Gasteiger partial charge on any atom is -0.486 e. The summed E-state index contributed by atoms with van der Waals surface area (Å²) < 4.78 is 11.9. The van der Waals surface area contributed by atoms with Gasteiger partial charge in [0.25, 0.3) is 5.91 Å². The first-order chi connectivity index (χ1) is 13.7. The van der Waals surface area contributed by atoms with E-state index in [1.165, 1.54) is 0 Å². The molecule has 2 aliphatic heterocycles. The molecule has 1 amide bonds. The molecule has 28 heavy (non-hydrogen) atoms. The molecule has 1 N–H and O–H groups in total. The summed E-state index contributed by atoms with van der Waals surface area (Å²) in [6.45, 7) is 4.08. The number of piperidine rings is 1. The van der Waals surface area contributed by atoms with Gasteiger partial charge in [0, 0.05) is 36.6 Å². The Morgan fingerprint density at radius 3 is 2.89 bits per heavy atom. The van der Waals surface area contributed by atoms with Crippen molar-refractivity contribution in [2.24, 2.45) is 5.92 Å². The Kier molecular flexibility index (Phi) is 5.98. The number of aromatic nitrogens is 1. The van der Waals surface area contributed by atoms with Crippen molar-refractivity contribution in [3.05, 3.63) is 53.3 Å². The van der Waals surface area contributed by atoms with E-state index in [9.17, 15) is 4.79 Å². The van der Waals surface area contributed by atoms with Crippen molar-refractivity contribution < 1.29 is 14.3 Å². The maximum absolute atomic E-state index is 12.1. The molecule has 0 bridgehead atoms. The predicted molar refractivity (Wildman–Crippen MR) is 107 cm³/mol. The molecular weight excluding hydrogens is 378 g/mol. The minimum absolute atomic E-state index is 0.00722. The molecule has 1 fully saturated rings. The number of carbonyl (C=O) groups excluding carboxylic acids is 1. The van der Waals surface area contributed by atoms with E-state index in [-0.39, 0.29) is 12.0 Å². The van der Waals surface area contributed by atoms with Crippen LogP contribution >= 0.6 is 11.6 Å². The van der Waals surface area contributed by atoms with Gasteiger partial charge in [0.05, 0.1) is 5.56 Å². The minimum atomic E-state index is -0.0550. The van der Waals surface area contributed by atoms with Gasteiger partial charge in [-0.3, -0.25) is 14.7 Å². The van der Waals surface area contributed by atoms with E-state index in [1.807, 2.05) is 12.1 Å². The SMILES string of the molecule is O=C(NCC1CCN(C[C@H]2COc3ccc(Cl)cc3O2)CC1)c1cccnc1. The molecule has 4 rings (SSSR count). The van der Waals surface area contributed by atoms with E-state index in [0.717, 1.165) is 44.0 Å². The van der Waals surface area contributed by atoms with Crippen molar-refractivity contribution in [2.45, 2.75) is 18.9 Å². The van der Waals surface area contributed by atoms with Crippen LogP contribution in [-0.2, 0) is 0 Å². The molecule has 1 atom stereocenters. The fraction of sp³-hybridized carbons (Fsp3) is 0.429. The number of halogens is 1. The van der Waals surface area contributed by atoms with E-state index in [0.29, 0.717) is 29.7 Å². The molecule has 6 nitrogen and oxygen atoms in total. The summed E-state index contributed by atoms with van der Waals surface area (Å²) in [4.78, 5) is 18.5. The second-order valence-electron chi connectivity index (χ2n) is 7.34. The molecule has 2 aliphatic rings. The van der Waals surface area contributed by atoms with Crippen molar-refractivity contribution in [1.29, 1.82) is 0 Å². The van der Waals surface area contributed by atoms with Crippen LogP contribution in [0.5, 0.6) is 11.5 Å². The van der Waals surface area contributed by atoms with Gasteiger partial charge in [-0.25, -0.2) is 0 Å². The molecule has 1 saturated heterocycles. The highest BCUT2D eigenvalue weighted by molar-refractivity contribution is 6.30. The Morgan fingerprint density at radius 2 is 2.11 bits per heavy atom. The van der Waals surface area contributed by atoms with Crippen LogP contribution in [0.2, 0.25) is 5.02 Å². The first-order valence-electron chi connectivity index (χ1n) is 9.67. The molecule has 0 radical (unpaired) electrons. The normalized spacial score (nSPS) is 20.0. The second kappa shape index (κ2) is 8.80. The summed E-state index contributed by atoms with van der Waals surface area (Å²) in [6, 6.07) is 9.01. The summed E-state index contributed by atoms with van der Waals surface area (Å²) in [5.41, 5.74) is 0.606. The van der Waals surface area contributed by atoms with Gasteiger partial charge in [0.2, 0.25) is 0 Å². The fourth-order valence-electron chi connectivity index (χ4n) is 3.68. The van der Waals surface area contributed by atoms with Gasteiger partial charge in [-0.05, 0) is 56.1 Å². The maximum Gasteiger partial charge on any atom is 0.252 e. The number of nitrogens with zero attached hydrogens (tertiary/aromatic N) is 2. The summed E-state index contributed by atoms with van der Waals surface area (Å²) in [5, 5.41) is 3.68. The molecular formula is C21H24ClN3O3. The summed E-state index contributed by atoms with van der Waals surface area (Å²) >= 11 is 6.04. The molecule has 0 spiro atoms. The van der Waals surface area contributed by atoms with Gasteiger partial charge in [-0.15, -0.1) is 0 Å². The first kappa shape index (κ1) is 19.0. The fourth-order valence-corrected chi connectivity index (χ4v) is 3.84. The van der Waals surface area contributed by atoms with Crippen LogP contribution in [0.25, 0.3) is 0 Å². The lowest BCUT2D eigenvalue weighted by Gasteiger charge is -2.35. The molecule has 0 unspecified atom stereocenters. The van der Waals surface area contributed by atoms with Crippen LogP contribution in [0.15, 0.2) is 42.7 Å². The Morgan fingerprint density at radius 1 is 1.25 bits per heavy atom. The number of fused-ring (bicyclic) bond motifs is 1. The standard InChI is InChI=1S/C21H24ClN3O3/c22-17-3-4-19-20(10-17)28-18(14-27-19)13-25-8-5-15(6-9-25)11-24-21(26)16-2-1-7-23-12-16/h1-4,7,10,12,15,18H,5-6,8-9,11,13-14H2,(H,24,26)/t18-/m0/s1. The Labute approximate surface area is 169 Å². The van der Waals surface area contributed by atoms with Crippen molar-refractivity contribution in [1.82, 2.24) is 15.2 Å². The van der Waals surface area contributed by atoms with Gasteiger partial charge < -0.3 is 14.8 Å². The van der Waals surface area contributed by atoms with E-state index in [4.69, 9.17) is 21.1 Å². The van der Waals surface area contributed by atoms with E-state index in [1.54, 1.807) is 30.6 Å². The molecule has 7 heteroatoms. The van der Waals surface area contributed by atoms with Crippen LogP contribution < -0.4 is 14.8 Å². The highest BCUT2D eigenvalue weighted by atomic mass is 35.5. The quantitative estimate of drug-likeness (QED) is 0.834.